The summed E-state index contributed by atoms with van der Waals surface area (Å²) in [7, 11) is -3.50. The van der Waals surface area contributed by atoms with E-state index in [0.717, 1.165) is 11.4 Å². The zero-order valence-corrected chi connectivity index (χ0v) is 12.8. The lowest BCUT2D eigenvalue weighted by atomic mass is 10.4. The lowest BCUT2D eigenvalue weighted by Crippen LogP contribution is -2.25. The van der Waals surface area contributed by atoms with E-state index in [2.05, 4.69) is 15.0 Å². The van der Waals surface area contributed by atoms with E-state index >= 15 is 0 Å². The summed E-state index contributed by atoms with van der Waals surface area (Å²) < 4.78 is 27.2. The van der Waals surface area contributed by atoms with Crippen LogP contribution in [0.3, 0.4) is 0 Å². The summed E-state index contributed by atoms with van der Waals surface area (Å²) >= 11 is 1.44. The van der Waals surface area contributed by atoms with Gasteiger partial charge in [-0.2, -0.15) is 0 Å². The van der Waals surface area contributed by atoms with Crippen molar-refractivity contribution in [1.29, 1.82) is 0 Å². The number of sulfonamides is 1. The van der Waals surface area contributed by atoms with Crippen molar-refractivity contribution in [3.8, 4) is 0 Å². The molecule has 0 bridgehead atoms. The topological polar surface area (TPSA) is 71.1 Å². The Hall–Kier alpha value is -1.28. The Morgan fingerprint density at radius 1 is 1.25 bits per heavy atom. The first kappa shape index (κ1) is 15.1. The van der Waals surface area contributed by atoms with Crippen molar-refractivity contribution in [3.63, 3.8) is 0 Å². The molecule has 0 aliphatic rings. The lowest BCUT2D eigenvalue weighted by molar-refractivity contribution is 0.579. The van der Waals surface area contributed by atoms with Crippen LogP contribution in [-0.4, -0.2) is 19.9 Å². The summed E-state index contributed by atoms with van der Waals surface area (Å²) in [6.45, 7) is 3.55. The highest BCUT2D eigenvalue weighted by atomic mass is 32.2. The van der Waals surface area contributed by atoms with Crippen LogP contribution in [0, 0.1) is 0 Å². The minimum absolute atomic E-state index is 0.194. The molecule has 0 fully saturated rings. The van der Waals surface area contributed by atoms with Crippen molar-refractivity contribution in [3.05, 3.63) is 46.4 Å². The molecule has 0 aromatic carbocycles. The van der Waals surface area contributed by atoms with Gasteiger partial charge in [-0.3, -0.25) is 4.98 Å². The van der Waals surface area contributed by atoms with E-state index in [1.54, 1.807) is 29.8 Å². The van der Waals surface area contributed by atoms with Crippen LogP contribution in [0.2, 0.25) is 0 Å². The first-order valence-corrected chi connectivity index (χ1v) is 8.66. The van der Waals surface area contributed by atoms with Crippen molar-refractivity contribution < 1.29 is 8.42 Å². The zero-order valence-electron chi connectivity index (χ0n) is 11.2. The van der Waals surface area contributed by atoms with E-state index in [1.165, 1.54) is 11.3 Å². The van der Waals surface area contributed by atoms with Gasteiger partial charge in [0, 0.05) is 17.6 Å². The minimum Gasteiger partial charge on any atom is -0.312 e. The van der Waals surface area contributed by atoms with Gasteiger partial charge < -0.3 is 5.32 Å². The van der Waals surface area contributed by atoms with Crippen molar-refractivity contribution >= 4 is 21.4 Å². The van der Waals surface area contributed by atoms with Crippen molar-refractivity contribution in [2.24, 2.45) is 0 Å². The second kappa shape index (κ2) is 6.94. The zero-order chi connectivity index (χ0) is 14.4. The summed E-state index contributed by atoms with van der Waals surface area (Å²) in [5.41, 5.74) is 0.694. The van der Waals surface area contributed by atoms with Crippen molar-refractivity contribution in [1.82, 2.24) is 15.0 Å². The fourth-order valence-corrected chi connectivity index (χ4v) is 4.10. The van der Waals surface area contributed by atoms with Gasteiger partial charge in [0.2, 0.25) is 10.0 Å². The van der Waals surface area contributed by atoms with Crippen LogP contribution in [0.4, 0.5) is 0 Å². The third-order valence-electron chi connectivity index (χ3n) is 2.70. The van der Waals surface area contributed by atoms with Gasteiger partial charge in [0.05, 0.1) is 17.1 Å². The molecule has 0 saturated carbocycles. The molecule has 7 heteroatoms. The molecule has 0 atom stereocenters. The maximum absolute atomic E-state index is 12.3. The highest BCUT2D eigenvalue weighted by Gasteiger charge is 2.19. The van der Waals surface area contributed by atoms with Crippen molar-refractivity contribution in [2.75, 3.05) is 6.54 Å². The first-order chi connectivity index (χ1) is 9.63. The summed E-state index contributed by atoms with van der Waals surface area (Å²) in [5, 5.41) is 4.94. The fourth-order valence-electron chi connectivity index (χ4n) is 1.69. The predicted octanol–water partition coefficient (Wildman–Crippen LogP) is 1.73. The average Bonchev–Trinajstić information content (AvgIpc) is 2.93. The standard InChI is InChI=1S/C13H17N3O2S2/c1-2-14-10-12-13(6-8-19-12)20(17,18)16-9-11-5-3-4-7-15-11/h3-8,14,16H,2,9-10H2,1H3. The molecular weight excluding hydrogens is 294 g/mol. The largest absolute Gasteiger partial charge is 0.312 e. The van der Waals surface area contributed by atoms with Gasteiger partial charge in [-0.05, 0) is 30.1 Å². The highest BCUT2D eigenvalue weighted by molar-refractivity contribution is 7.89. The molecule has 0 spiro atoms. The molecule has 0 aliphatic heterocycles. The second-order valence-corrected chi connectivity index (χ2v) is 6.87. The molecule has 0 unspecified atom stereocenters. The van der Waals surface area contributed by atoms with Crippen LogP contribution in [0.5, 0.6) is 0 Å². The Labute approximate surface area is 123 Å². The molecule has 0 saturated heterocycles. The number of hydrogen-bond acceptors (Lipinski definition) is 5. The summed E-state index contributed by atoms with van der Waals surface area (Å²) in [6, 6.07) is 7.05. The Balaban J connectivity index is 2.08. The fraction of sp³-hybridized carbons (Fsp3) is 0.308. The molecule has 108 valence electrons. The number of nitrogens with one attached hydrogen (secondary N) is 2. The maximum Gasteiger partial charge on any atom is 0.242 e. The molecule has 20 heavy (non-hydrogen) atoms. The van der Waals surface area contributed by atoms with Crippen LogP contribution < -0.4 is 10.0 Å². The van der Waals surface area contributed by atoms with Gasteiger partial charge in [0.15, 0.2) is 0 Å². The SMILES string of the molecule is CCNCc1sccc1S(=O)(=O)NCc1ccccn1. The Kier molecular flexibility index (Phi) is 5.24. The van der Waals surface area contributed by atoms with Crippen LogP contribution in [0.1, 0.15) is 17.5 Å². The highest BCUT2D eigenvalue weighted by Crippen LogP contribution is 2.21. The summed E-state index contributed by atoms with van der Waals surface area (Å²) in [6.07, 6.45) is 1.64. The maximum atomic E-state index is 12.3. The molecule has 0 radical (unpaired) electrons. The van der Waals surface area contributed by atoms with E-state index in [1.807, 2.05) is 13.0 Å². The normalized spacial score (nSPS) is 11.7. The van der Waals surface area contributed by atoms with Crippen molar-refractivity contribution in [2.45, 2.75) is 24.9 Å². The van der Waals surface area contributed by atoms with Gasteiger partial charge in [-0.1, -0.05) is 13.0 Å². The third kappa shape index (κ3) is 3.86. The van der Waals surface area contributed by atoms with E-state index in [4.69, 9.17) is 0 Å². The molecule has 2 N–H and O–H groups in total. The quantitative estimate of drug-likeness (QED) is 0.817. The average molecular weight is 311 g/mol. The van der Waals surface area contributed by atoms with Gasteiger partial charge in [-0.15, -0.1) is 11.3 Å². The molecule has 2 rings (SSSR count). The van der Waals surface area contributed by atoms with E-state index < -0.39 is 10.0 Å². The third-order valence-corrected chi connectivity index (χ3v) is 5.24. The number of aromatic nitrogens is 1. The molecule has 2 aromatic heterocycles. The number of nitrogens with zero attached hydrogens (tertiary/aromatic N) is 1. The second-order valence-electron chi connectivity index (χ2n) is 4.13. The van der Waals surface area contributed by atoms with Gasteiger partial charge >= 0.3 is 0 Å². The summed E-state index contributed by atoms with van der Waals surface area (Å²) in [4.78, 5) is 5.26. The Bertz CT molecular complexity index is 639. The van der Waals surface area contributed by atoms with E-state index in [9.17, 15) is 8.42 Å². The molecule has 0 aliphatic carbocycles. The van der Waals surface area contributed by atoms with Gasteiger partial charge in [0.1, 0.15) is 0 Å². The van der Waals surface area contributed by atoms with Crippen LogP contribution in [-0.2, 0) is 23.1 Å². The molecular formula is C13H17N3O2S2. The van der Waals surface area contributed by atoms with Gasteiger partial charge in [-0.25, -0.2) is 13.1 Å². The smallest absolute Gasteiger partial charge is 0.242 e. The number of hydrogen-bond donors (Lipinski definition) is 2. The molecule has 0 amide bonds. The molecule has 2 heterocycles. The minimum atomic E-state index is -3.50. The number of rotatable bonds is 7. The van der Waals surface area contributed by atoms with Crippen LogP contribution in [0.15, 0.2) is 40.7 Å². The number of thiophene rings is 1. The number of pyridine rings is 1. The van der Waals surface area contributed by atoms with E-state index in [-0.39, 0.29) is 6.54 Å². The van der Waals surface area contributed by atoms with Gasteiger partial charge in [0.25, 0.3) is 0 Å². The summed E-state index contributed by atoms with van der Waals surface area (Å²) in [5.74, 6) is 0. The lowest BCUT2D eigenvalue weighted by Gasteiger charge is -2.07. The predicted molar refractivity (Wildman–Crippen MR) is 80.0 cm³/mol. The molecule has 2 aromatic rings. The van der Waals surface area contributed by atoms with Crippen LogP contribution in [0.25, 0.3) is 0 Å². The first-order valence-electron chi connectivity index (χ1n) is 6.30. The molecule has 5 nitrogen and oxygen atoms in total. The monoisotopic (exact) mass is 311 g/mol. The van der Waals surface area contributed by atoms with E-state index in [0.29, 0.717) is 17.1 Å². The Morgan fingerprint density at radius 3 is 2.80 bits per heavy atom. The Morgan fingerprint density at radius 2 is 2.10 bits per heavy atom. The van der Waals surface area contributed by atoms with Crippen LogP contribution >= 0.6 is 11.3 Å².